The molecule has 0 saturated carbocycles. The Bertz CT molecular complexity index is 364. The van der Waals surface area contributed by atoms with E-state index in [9.17, 15) is 20.1 Å². The van der Waals surface area contributed by atoms with E-state index in [1.807, 2.05) is 0 Å². The average Bonchev–Trinajstić information content (AvgIpc) is 2.76. The molecule has 1 rings (SSSR count). The fourth-order valence-corrected chi connectivity index (χ4v) is 1.17. The van der Waals surface area contributed by atoms with Gasteiger partial charge in [0.25, 0.3) is 0 Å². The number of urea groups is 1. The van der Waals surface area contributed by atoms with Crippen LogP contribution in [-0.4, -0.2) is 34.8 Å². The van der Waals surface area contributed by atoms with E-state index in [0.717, 1.165) is 0 Å². The van der Waals surface area contributed by atoms with Crippen LogP contribution in [0.25, 0.3) is 0 Å². The van der Waals surface area contributed by atoms with E-state index in [1.165, 1.54) is 25.4 Å². The van der Waals surface area contributed by atoms with Gasteiger partial charge in [0.05, 0.1) is 6.26 Å². The Balaban J connectivity index is 2.87. The number of amides is 2. The second kappa shape index (κ2) is 5.12. The second-order valence-corrected chi connectivity index (χ2v) is 2.95. The molecule has 1 atom stereocenters. The Kier molecular flexibility index (Phi) is 3.84. The highest BCUT2D eigenvalue weighted by Gasteiger charge is 2.30. The fraction of sp³-hybridized carbons (Fsp3) is 0.375. The molecular weight excluding hydrogens is 218 g/mol. The van der Waals surface area contributed by atoms with Crippen LogP contribution in [0.1, 0.15) is 11.8 Å². The molecule has 8 heteroatoms. The monoisotopic (exact) mass is 229 g/mol. The van der Waals surface area contributed by atoms with Crippen molar-refractivity contribution in [1.82, 2.24) is 10.4 Å². The first-order valence-corrected chi connectivity index (χ1v) is 4.41. The molecule has 88 valence electrons. The lowest BCUT2D eigenvalue weighted by Crippen LogP contribution is -2.40. The van der Waals surface area contributed by atoms with E-state index in [1.54, 1.807) is 0 Å². The van der Waals surface area contributed by atoms with Crippen LogP contribution in [0.2, 0.25) is 0 Å². The summed E-state index contributed by atoms with van der Waals surface area (Å²) in [5, 5.41) is 22.3. The smallest absolute Gasteiger partial charge is 0.341 e. The molecule has 8 nitrogen and oxygen atoms in total. The molecule has 0 spiro atoms. The van der Waals surface area contributed by atoms with Gasteiger partial charge in [-0.2, -0.15) is 5.06 Å². The van der Waals surface area contributed by atoms with Crippen LogP contribution in [-0.2, 0) is 0 Å². The number of nitrogens with zero attached hydrogens (tertiary/aromatic N) is 2. The lowest BCUT2D eigenvalue weighted by molar-refractivity contribution is -0.491. The van der Waals surface area contributed by atoms with E-state index < -0.39 is 23.5 Å². The highest BCUT2D eigenvalue weighted by Crippen LogP contribution is 2.19. The normalized spacial score (nSPS) is 11.9. The summed E-state index contributed by atoms with van der Waals surface area (Å²) in [6.45, 7) is -0.641. The van der Waals surface area contributed by atoms with Gasteiger partial charge in [0.15, 0.2) is 6.04 Å². The zero-order valence-electron chi connectivity index (χ0n) is 8.49. The van der Waals surface area contributed by atoms with Crippen molar-refractivity contribution >= 4 is 6.03 Å². The summed E-state index contributed by atoms with van der Waals surface area (Å²) in [5.74, 6) is 0.141. The molecule has 0 aliphatic rings. The SMILES string of the molecule is CNC(=O)N(O)C(C[N+](=O)[O-])c1ccco1. The molecule has 16 heavy (non-hydrogen) atoms. The summed E-state index contributed by atoms with van der Waals surface area (Å²) >= 11 is 0. The molecule has 1 aromatic rings. The maximum absolute atomic E-state index is 11.1. The van der Waals surface area contributed by atoms with Crippen molar-refractivity contribution in [3.63, 3.8) is 0 Å². The largest absolute Gasteiger partial charge is 0.467 e. The Morgan fingerprint density at radius 1 is 1.81 bits per heavy atom. The summed E-state index contributed by atoms with van der Waals surface area (Å²) in [4.78, 5) is 20.9. The topological polar surface area (TPSA) is 109 Å². The molecule has 0 aliphatic heterocycles. The molecule has 0 radical (unpaired) electrons. The molecule has 1 aromatic heterocycles. The zero-order chi connectivity index (χ0) is 12.1. The van der Waals surface area contributed by atoms with E-state index in [-0.39, 0.29) is 10.8 Å². The zero-order valence-corrected chi connectivity index (χ0v) is 8.49. The van der Waals surface area contributed by atoms with Crippen LogP contribution in [0.5, 0.6) is 0 Å². The Morgan fingerprint density at radius 2 is 2.50 bits per heavy atom. The van der Waals surface area contributed by atoms with Crippen LogP contribution < -0.4 is 5.32 Å². The first kappa shape index (κ1) is 12.0. The Morgan fingerprint density at radius 3 is 2.94 bits per heavy atom. The first-order valence-electron chi connectivity index (χ1n) is 4.41. The molecule has 0 fully saturated rings. The predicted octanol–water partition coefficient (Wildman–Crippen LogP) is 0.628. The van der Waals surface area contributed by atoms with Gasteiger partial charge in [-0.15, -0.1) is 0 Å². The quantitative estimate of drug-likeness (QED) is 0.447. The van der Waals surface area contributed by atoms with Crippen LogP contribution in [0.4, 0.5) is 4.79 Å². The average molecular weight is 229 g/mol. The van der Waals surface area contributed by atoms with E-state index in [0.29, 0.717) is 0 Å². The van der Waals surface area contributed by atoms with Gasteiger partial charge in [-0.1, -0.05) is 0 Å². The summed E-state index contributed by atoms with van der Waals surface area (Å²) in [6, 6.07) is 0.966. The number of furan rings is 1. The van der Waals surface area contributed by atoms with Crippen LogP contribution in [0, 0.1) is 10.1 Å². The number of nitro groups is 1. The molecular formula is C8H11N3O5. The van der Waals surface area contributed by atoms with Crippen LogP contribution >= 0.6 is 0 Å². The van der Waals surface area contributed by atoms with Gasteiger partial charge in [-0.25, -0.2) is 4.79 Å². The number of rotatable bonds is 4. The third-order valence-electron chi connectivity index (χ3n) is 1.91. The highest BCUT2D eigenvalue weighted by atomic mass is 16.6. The van der Waals surface area contributed by atoms with Gasteiger partial charge >= 0.3 is 6.03 Å². The van der Waals surface area contributed by atoms with E-state index >= 15 is 0 Å². The van der Waals surface area contributed by atoms with Crippen molar-refractivity contribution in [2.75, 3.05) is 13.6 Å². The van der Waals surface area contributed by atoms with Crippen molar-refractivity contribution < 1.29 is 19.3 Å². The van der Waals surface area contributed by atoms with Gasteiger partial charge in [-0.3, -0.25) is 15.3 Å². The van der Waals surface area contributed by atoms with Crippen molar-refractivity contribution in [3.05, 3.63) is 34.3 Å². The number of hydroxylamine groups is 2. The second-order valence-electron chi connectivity index (χ2n) is 2.95. The number of hydrogen-bond donors (Lipinski definition) is 2. The Hall–Kier alpha value is -2.09. The van der Waals surface area contributed by atoms with Crippen molar-refractivity contribution in [1.29, 1.82) is 0 Å². The highest BCUT2D eigenvalue weighted by molar-refractivity contribution is 5.72. The van der Waals surface area contributed by atoms with Gasteiger partial charge in [0.1, 0.15) is 5.76 Å². The van der Waals surface area contributed by atoms with Crippen LogP contribution in [0.15, 0.2) is 22.8 Å². The van der Waals surface area contributed by atoms with Crippen molar-refractivity contribution in [2.45, 2.75) is 6.04 Å². The molecule has 2 N–H and O–H groups in total. The predicted molar refractivity (Wildman–Crippen MR) is 51.4 cm³/mol. The van der Waals surface area contributed by atoms with Gasteiger partial charge in [-0.05, 0) is 12.1 Å². The lowest BCUT2D eigenvalue weighted by atomic mass is 10.2. The van der Waals surface area contributed by atoms with Gasteiger partial charge < -0.3 is 9.73 Å². The fourth-order valence-electron chi connectivity index (χ4n) is 1.17. The van der Waals surface area contributed by atoms with Gasteiger partial charge in [0.2, 0.25) is 6.54 Å². The van der Waals surface area contributed by atoms with Crippen molar-refractivity contribution in [2.24, 2.45) is 0 Å². The standard InChI is InChI=1S/C8H11N3O5/c1-9-8(12)11(15)6(5-10(13)14)7-3-2-4-16-7/h2-4,6,15H,5H2,1H3,(H,9,12). The van der Waals surface area contributed by atoms with Crippen molar-refractivity contribution in [3.8, 4) is 0 Å². The number of nitrogens with one attached hydrogen (secondary N) is 1. The van der Waals surface area contributed by atoms with E-state index in [4.69, 9.17) is 4.42 Å². The van der Waals surface area contributed by atoms with E-state index in [2.05, 4.69) is 5.32 Å². The minimum Gasteiger partial charge on any atom is -0.467 e. The molecule has 0 aromatic carbocycles. The molecule has 0 saturated heterocycles. The number of carbonyl (C=O) groups excluding carboxylic acids is 1. The summed E-state index contributed by atoms with van der Waals surface area (Å²) < 4.78 is 4.93. The number of hydrogen-bond acceptors (Lipinski definition) is 5. The Labute approximate surface area is 90.6 Å². The minimum absolute atomic E-state index is 0.141. The summed E-state index contributed by atoms with van der Waals surface area (Å²) in [7, 11) is 1.30. The maximum Gasteiger partial charge on any atom is 0.341 e. The third kappa shape index (κ3) is 2.70. The number of carbonyl (C=O) groups is 1. The molecule has 2 amide bonds. The molecule has 1 unspecified atom stereocenters. The first-order chi connectivity index (χ1) is 7.56. The van der Waals surface area contributed by atoms with Crippen LogP contribution in [0.3, 0.4) is 0 Å². The lowest BCUT2D eigenvalue weighted by Gasteiger charge is -2.20. The molecule has 0 aliphatic carbocycles. The summed E-state index contributed by atoms with van der Waals surface area (Å²) in [5.41, 5.74) is 0. The minimum atomic E-state index is -1.15. The summed E-state index contributed by atoms with van der Waals surface area (Å²) in [6.07, 6.45) is 1.31. The maximum atomic E-state index is 11.1. The molecule has 0 bridgehead atoms. The third-order valence-corrected chi connectivity index (χ3v) is 1.91. The molecule has 1 heterocycles. The van der Waals surface area contributed by atoms with Gasteiger partial charge in [0, 0.05) is 12.0 Å².